The van der Waals surface area contributed by atoms with E-state index in [-0.39, 0.29) is 6.61 Å². The second-order valence-corrected chi connectivity index (χ2v) is 5.64. The molecular formula is C20H22N2O6. The predicted molar refractivity (Wildman–Crippen MR) is 104 cm³/mol. The van der Waals surface area contributed by atoms with E-state index in [9.17, 15) is 4.79 Å². The number of methoxy groups -OCH3 is 3. The number of hydrogen-bond acceptors (Lipinski definition) is 7. The molecule has 28 heavy (non-hydrogen) atoms. The van der Waals surface area contributed by atoms with E-state index >= 15 is 0 Å². The number of aliphatic carboxylic acids is 1. The van der Waals surface area contributed by atoms with Crippen LogP contribution >= 0.6 is 0 Å². The Morgan fingerprint density at radius 2 is 1.43 bits per heavy atom. The van der Waals surface area contributed by atoms with Gasteiger partial charge >= 0.3 is 5.97 Å². The van der Waals surface area contributed by atoms with Crippen LogP contribution in [0.2, 0.25) is 0 Å². The maximum atomic E-state index is 10.9. The van der Waals surface area contributed by atoms with E-state index in [1.807, 2.05) is 24.3 Å². The van der Waals surface area contributed by atoms with E-state index in [1.165, 1.54) is 7.11 Å². The summed E-state index contributed by atoms with van der Waals surface area (Å²) in [6, 6.07) is 14.5. The largest absolute Gasteiger partial charge is 0.497 e. The summed E-state index contributed by atoms with van der Waals surface area (Å²) in [4.78, 5) is 16.3. The summed E-state index contributed by atoms with van der Waals surface area (Å²) in [6.07, 6.45) is -1.03. The molecule has 0 bridgehead atoms. The Balaban J connectivity index is 2.29. The highest BCUT2D eigenvalue weighted by molar-refractivity contribution is 6.36. The Morgan fingerprint density at radius 3 is 1.79 bits per heavy atom. The minimum absolute atomic E-state index is 0.211. The molecule has 148 valence electrons. The normalized spacial score (nSPS) is 11.2. The first-order chi connectivity index (χ1) is 13.5. The number of ether oxygens (including phenoxy) is 3. The number of nitrogens with one attached hydrogen (secondary N) is 1. The van der Waals surface area contributed by atoms with Crippen molar-refractivity contribution in [2.45, 2.75) is 6.10 Å². The highest BCUT2D eigenvalue weighted by Gasteiger charge is 2.21. The Morgan fingerprint density at radius 1 is 0.964 bits per heavy atom. The monoisotopic (exact) mass is 386 g/mol. The zero-order chi connectivity index (χ0) is 20.5. The van der Waals surface area contributed by atoms with E-state index < -0.39 is 17.8 Å². The van der Waals surface area contributed by atoms with E-state index in [0.29, 0.717) is 17.2 Å². The Labute approximate surface area is 162 Å². The molecule has 0 spiro atoms. The average Bonchev–Trinajstić information content (AvgIpc) is 2.74. The molecule has 1 unspecified atom stereocenters. The van der Waals surface area contributed by atoms with E-state index in [1.54, 1.807) is 38.5 Å². The first-order valence-electron chi connectivity index (χ1n) is 8.33. The molecule has 2 rings (SSSR count). The third kappa shape index (κ3) is 5.31. The second-order valence-electron chi connectivity index (χ2n) is 5.64. The van der Waals surface area contributed by atoms with Gasteiger partial charge in [-0.1, -0.05) is 5.16 Å². The molecular weight excluding hydrogens is 364 g/mol. The van der Waals surface area contributed by atoms with Gasteiger partial charge in [-0.15, -0.1) is 0 Å². The van der Waals surface area contributed by atoms with Gasteiger partial charge in [0.2, 0.25) is 0 Å². The molecule has 0 aliphatic heterocycles. The molecule has 8 nitrogen and oxygen atoms in total. The summed E-state index contributed by atoms with van der Waals surface area (Å²) in [6.45, 7) is -0.211. The van der Waals surface area contributed by atoms with Gasteiger partial charge in [0.15, 0.2) is 0 Å². The molecule has 0 aliphatic carbocycles. The molecule has 0 fully saturated rings. The number of nitrogens with zero attached hydrogens (tertiary/aromatic N) is 1. The predicted octanol–water partition coefficient (Wildman–Crippen LogP) is 2.59. The van der Waals surface area contributed by atoms with Gasteiger partial charge in [-0.3, -0.25) is 5.41 Å². The van der Waals surface area contributed by atoms with Crippen LogP contribution in [0.3, 0.4) is 0 Å². The highest BCUT2D eigenvalue weighted by atomic mass is 16.6. The molecule has 0 saturated carbocycles. The molecule has 0 heterocycles. The fourth-order valence-electron chi connectivity index (χ4n) is 2.35. The molecule has 2 aromatic carbocycles. The molecule has 0 aromatic heterocycles. The molecule has 0 aliphatic rings. The van der Waals surface area contributed by atoms with Crippen LogP contribution in [0, 0.1) is 5.41 Å². The van der Waals surface area contributed by atoms with Crippen molar-refractivity contribution < 1.29 is 28.9 Å². The lowest BCUT2D eigenvalue weighted by molar-refractivity contribution is -0.130. The fourth-order valence-corrected chi connectivity index (χ4v) is 2.35. The lowest BCUT2D eigenvalue weighted by Crippen LogP contribution is -2.33. The molecule has 2 N–H and O–H groups in total. The third-order valence-electron chi connectivity index (χ3n) is 3.95. The number of oxime groups is 1. The first-order valence-corrected chi connectivity index (χ1v) is 8.33. The van der Waals surface area contributed by atoms with Crippen LogP contribution in [0.4, 0.5) is 0 Å². The molecule has 0 saturated heterocycles. The van der Waals surface area contributed by atoms with Crippen LogP contribution in [0.5, 0.6) is 11.5 Å². The highest BCUT2D eigenvalue weighted by Crippen LogP contribution is 2.19. The van der Waals surface area contributed by atoms with E-state index in [0.717, 1.165) is 11.1 Å². The van der Waals surface area contributed by atoms with E-state index in [4.69, 9.17) is 29.6 Å². The summed E-state index contributed by atoms with van der Waals surface area (Å²) in [7, 11) is 4.47. The topological polar surface area (TPSA) is 110 Å². The molecule has 2 aromatic rings. The van der Waals surface area contributed by atoms with Crippen LogP contribution in [-0.4, -0.2) is 56.5 Å². The third-order valence-corrected chi connectivity index (χ3v) is 3.95. The Hall–Kier alpha value is -3.39. The lowest BCUT2D eigenvalue weighted by Gasteiger charge is -2.13. The molecule has 0 amide bonds. The zero-order valence-corrected chi connectivity index (χ0v) is 15.8. The molecule has 0 radical (unpaired) electrons. The van der Waals surface area contributed by atoms with Crippen LogP contribution in [0.25, 0.3) is 0 Å². The SMILES string of the molecule is COc1ccc(C(=NOCC(OC)C(=N)C(=O)O)c2ccc(OC)cc2)cc1. The average molecular weight is 386 g/mol. The maximum Gasteiger partial charge on any atom is 0.352 e. The van der Waals surface area contributed by atoms with Crippen molar-refractivity contribution in [2.75, 3.05) is 27.9 Å². The number of carbonyl (C=O) groups is 1. The van der Waals surface area contributed by atoms with Gasteiger partial charge < -0.3 is 24.2 Å². The van der Waals surface area contributed by atoms with Gasteiger partial charge in [-0.2, -0.15) is 0 Å². The zero-order valence-electron chi connectivity index (χ0n) is 15.8. The minimum Gasteiger partial charge on any atom is -0.497 e. The van der Waals surface area contributed by atoms with Gasteiger partial charge in [-0.25, -0.2) is 4.79 Å². The van der Waals surface area contributed by atoms with Gasteiger partial charge in [0.25, 0.3) is 0 Å². The number of carboxylic acids is 1. The van der Waals surface area contributed by atoms with E-state index in [2.05, 4.69) is 5.16 Å². The lowest BCUT2D eigenvalue weighted by atomic mass is 10.0. The number of hydrogen-bond donors (Lipinski definition) is 2. The van der Waals surface area contributed by atoms with Crippen molar-refractivity contribution in [1.29, 1.82) is 5.41 Å². The minimum atomic E-state index is -1.37. The standard InChI is InChI=1S/C20H22N2O6/c1-25-15-8-4-13(5-9-15)19(14-6-10-16(26-2)11-7-14)22-28-12-17(27-3)18(21)20(23)24/h4-11,17,21H,12H2,1-3H3,(H,23,24). The quantitative estimate of drug-likeness (QED) is 0.480. The summed E-state index contributed by atoms with van der Waals surface area (Å²) < 4.78 is 15.3. The van der Waals surface area contributed by atoms with Crippen molar-refractivity contribution in [3.8, 4) is 11.5 Å². The van der Waals surface area contributed by atoms with Gasteiger partial charge in [0.05, 0.1) is 14.2 Å². The van der Waals surface area contributed by atoms with Crippen molar-refractivity contribution in [3.05, 3.63) is 59.7 Å². The summed E-state index contributed by atoms with van der Waals surface area (Å²) in [5.41, 5.74) is 1.47. The molecule has 8 heteroatoms. The summed E-state index contributed by atoms with van der Waals surface area (Å²) in [5.74, 6) is 0.0335. The number of benzene rings is 2. The number of rotatable bonds is 10. The summed E-state index contributed by atoms with van der Waals surface area (Å²) in [5, 5.41) is 20.6. The van der Waals surface area contributed by atoms with Crippen molar-refractivity contribution in [3.63, 3.8) is 0 Å². The van der Waals surface area contributed by atoms with Crippen molar-refractivity contribution in [2.24, 2.45) is 5.16 Å². The van der Waals surface area contributed by atoms with Crippen LogP contribution < -0.4 is 9.47 Å². The Kier molecular flexibility index (Phi) is 7.53. The van der Waals surface area contributed by atoms with Crippen molar-refractivity contribution in [1.82, 2.24) is 0 Å². The summed E-state index contributed by atoms with van der Waals surface area (Å²) >= 11 is 0. The van der Waals surface area contributed by atoms with Crippen LogP contribution in [0.15, 0.2) is 53.7 Å². The maximum absolute atomic E-state index is 10.9. The smallest absolute Gasteiger partial charge is 0.352 e. The molecule has 1 atom stereocenters. The Bertz CT molecular complexity index is 781. The first kappa shape index (κ1) is 20.9. The van der Waals surface area contributed by atoms with Crippen LogP contribution in [-0.2, 0) is 14.4 Å². The van der Waals surface area contributed by atoms with Crippen LogP contribution in [0.1, 0.15) is 11.1 Å². The van der Waals surface area contributed by atoms with Gasteiger partial charge in [0.1, 0.15) is 35.6 Å². The fraction of sp³-hybridized carbons (Fsp3) is 0.250. The number of carboxylic acid groups (broad SMARTS) is 1. The second kappa shape index (κ2) is 10.1. The van der Waals surface area contributed by atoms with Crippen molar-refractivity contribution >= 4 is 17.4 Å². The van der Waals surface area contributed by atoms with Gasteiger partial charge in [0, 0.05) is 18.2 Å². The van der Waals surface area contributed by atoms with Gasteiger partial charge in [-0.05, 0) is 48.5 Å².